The monoisotopic (exact) mass is 450 g/mol. The Morgan fingerprint density at radius 2 is 1.78 bits per heavy atom. The van der Waals surface area contributed by atoms with E-state index in [-0.39, 0.29) is 29.5 Å². The molecule has 0 atom stereocenters. The van der Waals surface area contributed by atoms with Gasteiger partial charge in [0, 0.05) is 18.7 Å². The first-order valence-corrected chi connectivity index (χ1v) is 10.6. The summed E-state index contributed by atoms with van der Waals surface area (Å²) in [6.07, 6.45) is 1.36. The molecule has 1 aliphatic heterocycles. The molecule has 0 spiro atoms. The third-order valence-corrected chi connectivity index (χ3v) is 5.91. The summed E-state index contributed by atoms with van der Waals surface area (Å²) in [5, 5.41) is 4.10. The first-order chi connectivity index (χ1) is 15.5. The van der Waals surface area contributed by atoms with Crippen molar-refractivity contribution < 1.29 is 23.5 Å². The van der Waals surface area contributed by atoms with E-state index in [1.54, 1.807) is 24.3 Å². The van der Waals surface area contributed by atoms with Crippen molar-refractivity contribution in [3.63, 3.8) is 0 Å². The maximum atomic E-state index is 13.9. The molecular weight excluding hydrogens is 431 g/mol. The molecule has 0 aliphatic carbocycles. The summed E-state index contributed by atoms with van der Waals surface area (Å²) >= 11 is 0.747. The van der Waals surface area contributed by atoms with Crippen molar-refractivity contribution in [3.8, 4) is 5.75 Å². The molecule has 1 aliphatic rings. The molecule has 0 bridgehead atoms. The highest BCUT2D eigenvalue weighted by Crippen LogP contribution is 2.32. The quantitative estimate of drug-likeness (QED) is 0.562. The molecule has 3 aromatic carbocycles. The van der Waals surface area contributed by atoms with Crippen LogP contribution in [0.4, 0.5) is 9.18 Å². The lowest BCUT2D eigenvalue weighted by Gasteiger charge is -2.14. The fraction of sp³-hybridized carbons (Fsp3) is 0.125. The Labute approximate surface area is 188 Å². The van der Waals surface area contributed by atoms with Crippen LogP contribution in [0.5, 0.6) is 5.75 Å². The van der Waals surface area contributed by atoms with Gasteiger partial charge in [-0.1, -0.05) is 42.5 Å². The minimum atomic E-state index is -0.513. The predicted molar refractivity (Wildman–Crippen MR) is 122 cm³/mol. The van der Waals surface area contributed by atoms with E-state index in [9.17, 15) is 18.8 Å². The molecular formula is C24H19FN2O4S. The van der Waals surface area contributed by atoms with E-state index in [0.717, 1.165) is 27.4 Å². The van der Waals surface area contributed by atoms with Crippen LogP contribution < -0.4 is 10.1 Å². The molecule has 0 unspecified atom stereocenters. The lowest BCUT2D eigenvalue weighted by atomic mass is 10.1. The average Bonchev–Trinajstić information content (AvgIpc) is 3.06. The van der Waals surface area contributed by atoms with Crippen LogP contribution in [0.1, 0.15) is 15.9 Å². The van der Waals surface area contributed by atoms with Crippen molar-refractivity contribution in [1.29, 1.82) is 0 Å². The zero-order valence-electron chi connectivity index (χ0n) is 17.1. The summed E-state index contributed by atoms with van der Waals surface area (Å²) in [6, 6.07) is 17.1. The number of hydrogen-bond donors (Lipinski definition) is 1. The number of imide groups is 1. The topological polar surface area (TPSA) is 75.7 Å². The highest BCUT2D eigenvalue weighted by atomic mass is 32.2. The van der Waals surface area contributed by atoms with Crippen molar-refractivity contribution >= 4 is 45.7 Å². The minimum absolute atomic E-state index is 0.000908. The summed E-state index contributed by atoms with van der Waals surface area (Å²) in [4.78, 5) is 38.7. The van der Waals surface area contributed by atoms with Crippen molar-refractivity contribution in [2.75, 3.05) is 20.2 Å². The second-order valence-corrected chi connectivity index (χ2v) is 8.00. The number of nitrogens with zero attached hydrogens (tertiary/aromatic N) is 1. The molecule has 0 saturated carbocycles. The van der Waals surface area contributed by atoms with E-state index in [4.69, 9.17) is 4.74 Å². The Morgan fingerprint density at radius 1 is 1.09 bits per heavy atom. The van der Waals surface area contributed by atoms with Crippen LogP contribution in [0, 0.1) is 5.82 Å². The first-order valence-electron chi connectivity index (χ1n) is 9.83. The first kappa shape index (κ1) is 21.6. The standard InChI is InChI=1S/C24H19FN2O4S/c1-31-20-13-16-7-3-2-6-15(16)12-18(20)22(28)26-10-11-27-23(29)21(32-24(27)30)14-17-8-4-5-9-19(17)25/h2-9,12-14H,10-11H2,1H3,(H,26,28)/b21-14-. The van der Waals surface area contributed by atoms with Gasteiger partial charge in [0.25, 0.3) is 17.1 Å². The molecule has 1 fully saturated rings. The van der Waals surface area contributed by atoms with Crippen LogP contribution in [0.25, 0.3) is 16.8 Å². The van der Waals surface area contributed by atoms with Crippen molar-refractivity contribution in [3.05, 3.63) is 82.5 Å². The molecule has 0 radical (unpaired) electrons. The summed E-state index contributed by atoms with van der Waals surface area (Å²) in [5.41, 5.74) is 0.592. The number of nitrogens with one attached hydrogen (secondary N) is 1. The minimum Gasteiger partial charge on any atom is -0.496 e. The zero-order chi connectivity index (χ0) is 22.7. The van der Waals surface area contributed by atoms with Crippen LogP contribution in [0.15, 0.2) is 65.6 Å². The third-order valence-electron chi connectivity index (χ3n) is 5.00. The Balaban J connectivity index is 1.43. The number of ether oxygens (including phenoxy) is 1. The fourth-order valence-electron chi connectivity index (χ4n) is 3.37. The molecule has 1 heterocycles. The molecule has 3 aromatic rings. The fourth-order valence-corrected chi connectivity index (χ4v) is 4.22. The Hall–Kier alpha value is -3.65. The molecule has 3 amide bonds. The number of carbonyl (C=O) groups excluding carboxylic acids is 3. The van der Waals surface area contributed by atoms with E-state index in [0.29, 0.717) is 11.3 Å². The number of amides is 3. The molecule has 162 valence electrons. The number of fused-ring (bicyclic) bond motifs is 1. The van der Waals surface area contributed by atoms with E-state index in [1.165, 1.54) is 25.3 Å². The van der Waals surface area contributed by atoms with E-state index in [1.807, 2.05) is 24.3 Å². The normalized spacial score (nSPS) is 14.9. The van der Waals surface area contributed by atoms with Crippen LogP contribution in [0.3, 0.4) is 0 Å². The number of methoxy groups -OCH3 is 1. The lowest BCUT2D eigenvalue weighted by Crippen LogP contribution is -2.37. The number of thioether (sulfide) groups is 1. The van der Waals surface area contributed by atoms with Crippen LogP contribution in [0.2, 0.25) is 0 Å². The average molecular weight is 450 g/mol. The lowest BCUT2D eigenvalue weighted by molar-refractivity contribution is -0.122. The van der Waals surface area contributed by atoms with Crippen molar-refractivity contribution in [2.45, 2.75) is 0 Å². The summed E-state index contributed by atoms with van der Waals surface area (Å²) in [5.74, 6) is -0.932. The summed E-state index contributed by atoms with van der Waals surface area (Å²) in [7, 11) is 1.49. The number of carbonyl (C=O) groups is 3. The number of rotatable bonds is 6. The van der Waals surface area contributed by atoms with Gasteiger partial charge in [-0.3, -0.25) is 19.3 Å². The molecule has 8 heteroatoms. The van der Waals surface area contributed by atoms with Gasteiger partial charge in [-0.25, -0.2) is 4.39 Å². The van der Waals surface area contributed by atoms with Gasteiger partial charge in [0.1, 0.15) is 11.6 Å². The van der Waals surface area contributed by atoms with Gasteiger partial charge in [-0.2, -0.15) is 0 Å². The van der Waals surface area contributed by atoms with Crippen molar-refractivity contribution in [1.82, 2.24) is 10.2 Å². The van der Waals surface area contributed by atoms with E-state index < -0.39 is 17.0 Å². The van der Waals surface area contributed by atoms with Crippen molar-refractivity contribution in [2.24, 2.45) is 0 Å². The van der Waals surface area contributed by atoms with E-state index >= 15 is 0 Å². The van der Waals surface area contributed by atoms with Gasteiger partial charge in [0.15, 0.2) is 0 Å². The van der Waals surface area contributed by atoms with Gasteiger partial charge in [0.2, 0.25) is 0 Å². The summed E-state index contributed by atoms with van der Waals surface area (Å²) < 4.78 is 19.2. The smallest absolute Gasteiger partial charge is 0.293 e. The number of hydrogen-bond acceptors (Lipinski definition) is 5. The molecule has 4 rings (SSSR count). The molecule has 32 heavy (non-hydrogen) atoms. The predicted octanol–water partition coefficient (Wildman–Crippen LogP) is 4.45. The second kappa shape index (κ2) is 9.23. The number of halogens is 1. The maximum Gasteiger partial charge on any atom is 0.293 e. The Kier molecular flexibility index (Phi) is 6.23. The third kappa shape index (κ3) is 4.36. The van der Waals surface area contributed by atoms with Crippen LogP contribution in [-0.4, -0.2) is 42.2 Å². The highest BCUT2D eigenvalue weighted by molar-refractivity contribution is 8.18. The maximum absolute atomic E-state index is 13.9. The van der Waals surface area contributed by atoms with Crippen LogP contribution >= 0.6 is 11.8 Å². The van der Waals surface area contributed by atoms with Gasteiger partial charge >= 0.3 is 0 Å². The molecule has 1 N–H and O–H groups in total. The molecule has 6 nitrogen and oxygen atoms in total. The van der Waals surface area contributed by atoms with Crippen LogP contribution in [-0.2, 0) is 4.79 Å². The Bertz CT molecular complexity index is 1260. The second-order valence-electron chi connectivity index (χ2n) is 7.01. The molecule has 1 saturated heterocycles. The van der Waals surface area contributed by atoms with Gasteiger partial charge < -0.3 is 10.1 Å². The van der Waals surface area contributed by atoms with E-state index in [2.05, 4.69) is 5.32 Å². The SMILES string of the molecule is COc1cc2ccccc2cc1C(=O)NCCN1C(=O)S/C(=C\c2ccccc2F)C1=O. The van der Waals surface area contributed by atoms with Gasteiger partial charge in [-0.15, -0.1) is 0 Å². The number of benzene rings is 3. The summed E-state index contributed by atoms with van der Waals surface area (Å²) in [6.45, 7) is 0.0702. The zero-order valence-corrected chi connectivity index (χ0v) is 17.9. The Morgan fingerprint density at radius 3 is 2.50 bits per heavy atom. The highest BCUT2D eigenvalue weighted by Gasteiger charge is 2.34. The van der Waals surface area contributed by atoms with Gasteiger partial charge in [-0.05, 0) is 46.8 Å². The van der Waals surface area contributed by atoms with Gasteiger partial charge in [0.05, 0.1) is 17.6 Å². The largest absolute Gasteiger partial charge is 0.496 e. The molecule has 0 aromatic heterocycles.